The van der Waals surface area contributed by atoms with E-state index in [1.807, 2.05) is 42.5 Å². The van der Waals surface area contributed by atoms with Gasteiger partial charge >= 0.3 is 0 Å². The Kier molecular flexibility index (Phi) is 2.29. The van der Waals surface area contributed by atoms with E-state index in [9.17, 15) is 4.79 Å². The molecule has 0 fully saturated rings. The normalized spacial score (nSPS) is 14.8. The van der Waals surface area contributed by atoms with Crippen molar-refractivity contribution in [1.29, 1.82) is 0 Å². The number of hydrogen-bond donors (Lipinski definition) is 1. The maximum absolute atomic E-state index is 10.9. The summed E-state index contributed by atoms with van der Waals surface area (Å²) in [4.78, 5) is 10.9. The molecule has 2 heteroatoms. The molecule has 0 heterocycles. The van der Waals surface area contributed by atoms with Gasteiger partial charge in [0.2, 0.25) is 0 Å². The van der Waals surface area contributed by atoms with Crippen LogP contribution >= 0.6 is 0 Å². The zero-order valence-corrected chi connectivity index (χ0v) is 8.60. The molecule has 2 aromatic rings. The van der Waals surface area contributed by atoms with Crippen LogP contribution in [0.3, 0.4) is 0 Å². The Morgan fingerprint density at radius 1 is 1.13 bits per heavy atom. The van der Waals surface area contributed by atoms with Crippen molar-refractivity contribution in [2.75, 3.05) is 0 Å². The number of rotatable bonds is 2. The second-order valence-corrected chi connectivity index (χ2v) is 3.93. The van der Waals surface area contributed by atoms with Gasteiger partial charge in [0.05, 0.1) is 5.54 Å². The number of fused-ring (bicyclic) bond motifs is 1. The summed E-state index contributed by atoms with van der Waals surface area (Å²) < 4.78 is 0. The molecule has 15 heavy (non-hydrogen) atoms. The maximum atomic E-state index is 10.9. The van der Waals surface area contributed by atoms with Crippen molar-refractivity contribution in [3.8, 4) is 0 Å². The Bertz CT molecular complexity index is 497. The molecule has 0 aliphatic carbocycles. The molecule has 0 amide bonds. The molecule has 0 radical (unpaired) electrons. The molecule has 76 valence electrons. The molecule has 2 N–H and O–H groups in total. The minimum Gasteiger partial charge on any atom is -0.316 e. The summed E-state index contributed by atoms with van der Waals surface area (Å²) in [6.07, 6.45) is 0.786. The minimum absolute atomic E-state index is 0.786. The van der Waals surface area contributed by atoms with Gasteiger partial charge in [-0.2, -0.15) is 0 Å². The average molecular weight is 199 g/mol. The summed E-state index contributed by atoms with van der Waals surface area (Å²) in [5, 5.41) is 2.14. The lowest BCUT2D eigenvalue weighted by atomic mass is 9.90. The third-order valence-corrected chi connectivity index (χ3v) is 2.61. The van der Waals surface area contributed by atoms with Gasteiger partial charge in [0.1, 0.15) is 6.29 Å². The summed E-state index contributed by atoms with van der Waals surface area (Å²) >= 11 is 0. The van der Waals surface area contributed by atoms with E-state index < -0.39 is 5.54 Å². The highest BCUT2D eigenvalue weighted by atomic mass is 16.1. The van der Waals surface area contributed by atoms with Crippen LogP contribution in [-0.2, 0) is 10.3 Å². The summed E-state index contributed by atoms with van der Waals surface area (Å²) in [6, 6.07) is 13.8. The van der Waals surface area contributed by atoms with E-state index in [0.717, 1.165) is 22.6 Å². The van der Waals surface area contributed by atoms with Gasteiger partial charge in [-0.15, -0.1) is 0 Å². The van der Waals surface area contributed by atoms with E-state index in [2.05, 4.69) is 0 Å². The first-order valence-corrected chi connectivity index (χ1v) is 4.88. The molecule has 2 rings (SSSR count). The molecule has 0 aliphatic rings. The minimum atomic E-state index is -0.916. The van der Waals surface area contributed by atoms with Gasteiger partial charge < -0.3 is 10.5 Å². The second kappa shape index (κ2) is 3.48. The third-order valence-electron chi connectivity index (χ3n) is 2.61. The van der Waals surface area contributed by atoms with Crippen molar-refractivity contribution >= 4 is 17.1 Å². The molecule has 0 saturated heterocycles. The molecule has 0 saturated carbocycles. The first-order chi connectivity index (χ1) is 7.15. The first-order valence-electron chi connectivity index (χ1n) is 4.88. The molecule has 0 aromatic heterocycles. The van der Waals surface area contributed by atoms with Gasteiger partial charge in [0.25, 0.3) is 0 Å². The SMILES string of the molecule is C[C@@](N)(C=O)c1cccc2ccccc12. The van der Waals surface area contributed by atoms with Gasteiger partial charge in [-0.3, -0.25) is 0 Å². The van der Waals surface area contributed by atoms with E-state index in [1.165, 1.54) is 0 Å². The van der Waals surface area contributed by atoms with Crippen LogP contribution in [0.15, 0.2) is 42.5 Å². The first kappa shape index (κ1) is 9.87. The van der Waals surface area contributed by atoms with Crippen molar-refractivity contribution in [3.63, 3.8) is 0 Å². The van der Waals surface area contributed by atoms with E-state index in [4.69, 9.17) is 5.73 Å². The lowest BCUT2D eigenvalue weighted by molar-refractivity contribution is -0.111. The summed E-state index contributed by atoms with van der Waals surface area (Å²) in [5.41, 5.74) is 5.89. The van der Waals surface area contributed by atoms with E-state index in [-0.39, 0.29) is 0 Å². The summed E-state index contributed by atoms with van der Waals surface area (Å²) in [7, 11) is 0. The predicted molar refractivity (Wildman–Crippen MR) is 61.6 cm³/mol. The topological polar surface area (TPSA) is 43.1 Å². The van der Waals surface area contributed by atoms with Gasteiger partial charge in [0.15, 0.2) is 0 Å². The quantitative estimate of drug-likeness (QED) is 0.753. The Morgan fingerprint density at radius 2 is 1.80 bits per heavy atom. The van der Waals surface area contributed by atoms with Crippen molar-refractivity contribution in [3.05, 3.63) is 48.0 Å². The Hall–Kier alpha value is -1.67. The lowest BCUT2D eigenvalue weighted by Crippen LogP contribution is -2.34. The second-order valence-electron chi connectivity index (χ2n) is 3.93. The van der Waals surface area contributed by atoms with Crippen LogP contribution in [0.2, 0.25) is 0 Å². The van der Waals surface area contributed by atoms with Crippen LogP contribution in [0.4, 0.5) is 0 Å². The molecule has 1 atom stereocenters. The van der Waals surface area contributed by atoms with Gasteiger partial charge in [0, 0.05) is 0 Å². The van der Waals surface area contributed by atoms with Crippen molar-refractivity contribution in [2.24, 2.45) is 5.73 Å². The largest absolute Gasteiger partial charge is 0.316 e. The van der Waals surface area contributed by atoms with Crippen LogP contribution in [0.1, 0.15) is 12.5 Å². The van der Waals surface area contributed by atoms with E-state index >= 15 is 0 Å². The molecule has 2 aromatic carbocycles. The third kappa shape index (κ3) is 1.64. The summed E-state index contributed by atoms with van der Waals surface area (Å²) in [5.74, 6) is 0. The van der Waals surface area contributed by atoms with Crippen LogP contribution < -0.4 is 5.73 Å². The fourth-order valence-corrected chi connectivity index (χ4v) is 1.76. The molecule has 0 aliphatic heterocycles. The zero-order valence-electron chi connectivity index (χ0n) is 8.60. The smallest absolute Gasteiger partial charge is 0.144 e. The lowest BCUT2D eigenvalue weighted by Gasteiger charge is -2.19. The predicted octanol–water partition coefficient (Wildman–Crippen LogP) is 2.21. The van der Waals surface area contributed by atoms with Gasteiger partial charge in [-0.1, -0.05) is 42.5 Å². The van der Waals surface area contributed by atoms with E-state index in [0.29, 0.717) is 0 Å². The molecular formula is C13H13NO. The highest BCUT2D eigenvalue weighted by Gasteiger charge is 2.21. The molecule has 0 spiro atoms. The highest BCUT2D eigenvalue weighted by molar-refractivity contribution is 5.89. The van der Waals surface area contributed by atoms with Crippen LogP contribution in [0.5, 0.6) is 0 Å². The van der Waals surface area contributed by atoms with Crippen molar-refractivity contribution < 1.29 is 4.79 Å². The number of nitrogens with two attached hydrogens (primary N) is 1. The highest BCUT2D eigenvalue weighted by Crippen LogP contribution is 2.25. The number of carbonyl (C=O) groups excluding carboxylic acids is 1. The Morgan fingerprint density at radius 3 is 2.53 bits per heavy atom. The van der Waals surface area contributed by atoms with Crippen LogP contribution in [0, 0.1) is 0 Å². The standard InChI is InChI=1S/C13H13NO/c1-13(14,9-15)12-8-4-6-10-5-2-3-7-11(10)12/h2-9H,14H2,1H3/t13-/m1/s1. The van der Waals surface area contributed by atoms with Gasteiger partial charge in [-0.05, 0) is 23.3 Å². The Labute approximate surface area is 88.7 Å². The van der Waals surface area contributed by atoms with Gasteiger partial charge in [-0.25, -0.2) is 0 Å². The van der Waals surface area contributed by atoms with Crippen LogP contribution in [0.25, 0.3) is 10.8 Å². The average Bonchev–Trinajstić information content (AvgIpc) is 2.28. The van der Waals surface area contributed by atoms with Crippen molar-refractivity contribution in [1.82, 2.24) is 0 Å². The number of hydrogen-bond acceptors (Lipinski definition) is 2. The molecule has 0 unspecified atom stereocenters. The van der Waals surface area contributed by atoms with Crippen LogP contribution in [-0.4, -0.2) is 6.29 Å². The monoisotopic (exact) mass is 199 g/mol. The molecule has 2 nitrogen and oxygen atoms in total. The molecular weight excluding hydrogens is 186 g/mol. The number of benzene rings is 2. The Balaban J connectivity index is 2.76. The zero-order chi connectivity index (χ0) is 10.9. The fraction of sp³-hybridized carbons (Fsp3) is 0.154. The number of carbonyl (C=O) groups is 1. The summed E-state index contributed by atoms with van der Waals surface area (Å²) in [6.45, 7) is 1.72. The maximum Gasteiger partial charge on any atom is 0.144 e. The number of aldehydes is 1. The van der Waals surface area contributed by atoms with Crippen molar-refractivity contribution in [2.45, 2.75) is 12.5 Å². The molecule has 0 bridgehead atoms. The fourth-order valence-electron chi connectivity index (χ4n) is 1.76. The van der Waals surface area contributed by atoms with E-state index in [1.54, 1.807) is 6.92 Å².